The van der Waals surface area contributed by atoms with Crippen molar-refractivity contribution in [2.75, 3.05) is 0 Å². The number of nitrogens with zero attached hydrogens (tertiary/aromatic N) is 2. The van der Waals surface area contributed by atoms with Gasteiger partial charge >= 0.3 is 0 Å². The maximum Gasteiger partial charge on any atom is 0.0278 e. The quantitative estimate of drug-likeness (QED) is 0.627. The van der Waals surface area contributed by atoms with Crippen LogP contribution < -0.4 is 0 Å². The van der Waals surface area contributed by atoms with E-state index in [2.05, 4.69) is 93.1 Å². The Bertz CT molecular complexity index is 207. The van der Waals surface area contributed by atoms with E-state index >= 15 is 0 Å². The molecule has 0 aromatic carbocycles. The summed E-state index contributed by atoms with van der Waals surface area (Å²) < 4.78 is 0. The van der Waals surface area contributed by atoms with Crippen LogP contribution in [0.25, 0.3) is 0 Å². The van der Waals surface area contributed by atoms with Crippen molar-refractivity contribution in [3.8, 4) is 0 Å². The first kappa shape index (κ1) is 17.9. The molecule has 0 spiro atoms. The lowest BCUT2D eigenvalue weighted by atomic mass is 9.93. The second-order valence-corrected chi connectivity index (χ2v) is 9.31. The Balaban J connectivity index is 5.84. The molecule has 0 unspecified atom stereocenters. The van der Waals surface area contributed by atoms with E-state index in [4.69, 9.17) is 0 Å². The van der Waals surface area contributed by atoms with E-state index in [1.807, 2.05) is 0 Å². The molecule has 0 radical (unpaired) electrons. The van der Waals surface area contributed by atoms with Gasteiger partial charge in [-0.15, -0.1) is 0 Å². The van der Waals surface area contributed by atoms with E-state index in [0.717, 1.165) is 0 Å². The molecule has 0 atom stereocenters. The minimum Gasteiger partial charge on any atom is -0.230 e. The van der Waals surface area contributed by atoms with E-state index in [0.29, 0.717) is 0 Å². The molecule has 0 saturated carbocycles. The predicted octanol–water partition coefficient (Wildman–Crippen LogP) is 4.70. The Hall–Kier alpha value is -0.0800. The van der Waals surface area contributed by atoms with Crippen molar-refractivity contribution in [2.45, 2.75) is 105 Å². The van der Waals surface area contributed by atoms with Crippen LogP contribution in [0.2, 0.25) is 0 Å². The highest BCUT2D eigenvalue weighted by Gasteiger charge is 2.45. The number of hydrogen-bond donors (Lipinski definition) is 0. The third-order valence-corrected chi connectivity index (χ3v) is 2.74. The second kappa shape index (κ2) is 4.79. The van der Waals surface area contributed by atoms with Crippen molar-refractivity contribution in [3.63, 3.8) is 0 Å². The summed E-state index contributed by atoms with van der Waals surface area (Å²) in [4.78, 5) is 0. The molecule has 0 aliphatic heterocycles. The molecular formula is C16H36N2. The lowest BCUT2D eigenvalue weighted by Gasteiger charge is -2.60. The zero-order valence-corrected chi connectivity index (χ0v) is 14.9. The fraction of sp³-hybridized carbons (Fsp3) is 1.00. The number of hydrogen-bond acceptors (Lipinski definition) is 2. The molecule has 0 aromatic heterocycles. The third kappa shape index (κ3) is 4.55. The smallest absolute Gasteiger partial charge is 0.0278 e. The molecule has 0 saturated heterocycles. The lowest BCUT2D eigenvalue weighted by molar-refractivity contribution is -0.231. The van der Waals surface area contributed by atoms with Crippen LogP contribution in [0.15, 0.2) is 0 Å². The van der Waals surface area contributed by atoms with Gasteiger partial charge in [-0.05, 0) is 83.1 Å². The molecule has 18 heavy (non-hydrogen) atoms. The summed E-state index contributed by atoms with van der Waals surface area (Å²) in [7, 11) is 0. The topological polar surface area (TPSA) is 6.48 Å². The van der Waals surface area contributed by atoms with Crippen LogP contribution in [0.3, 0.4) is 0 Å². The molecular weight excluding hydrogens is 220 g/mol. The van der Waals surface area contributed by atoms with Crippen LogP contribution >= 0.6 is 0 Å². The lowest BCUT2D eigenvalue weighted by Crippen LogP contribution is -2.70. The molecule has 110 valence electrons. The Morgan fingerprint density at radius 2 is 0.444 bits per heavy atom. The summed E-state index contributed by atoms with van der Waals surface area (Å²) in [5, 5.41) is 5.08. The van der Waals surface area contributed by atoms with Gasteiger partial charge in [0, 0.05) is 22.2 Å². The normalized spacial score (nSPS) is 15.7. The van der Waals surface area contributed by atoms with E-state index in [-0.39, 0.29) is 22.2 Å². The zero-order chi connectivity index (χ0) is 15.2. The second-order valence-electron chi connectivity index (χ2n) is 9.31. The molecule has 0 aliphatic carbocycles. The van der Waals surface area contributed by atoms with Crippen molar-refractivity contribution in [3.05, 3.63) is 0 Å². The largest absolute Gasteiger partial charge is 0.230 e. The van der Waals surface area contributed by atoms with Crippen molar-refractivity contribution in [1.29, 1.82) is 0 Å². The third-order valence-electron chi connectivity index (χ3n) is 2.74. The average molecular weight is 256 g/mol. The van der Waals surface area contributed by atoms with Crippen LogP contribution in [0.1, 0.15) is 83.1 Å². The van der Waals surface area contributed by atoms with Crippen LogP contribution in [-0.4, -0.2) is 32.2 Å². The standard InChI is InChI=1S/C16H36N2/c1-13(2,3)17(14(4,5)6)18(15(7,8)9)16(10,11)12/h1-12H3. The highest BCUT2D eigenvalue weighted by Crippen LogP contribution is 2.36. The first-order chi connectivity index (χ1) is 7.49. The fourth-order valence-corrected chi connectivity index (χ4v) is 3.21. The molecule has 2 heteroatoms. The van der Waals surface area contributed by atoms with Gasteiger partial charge in [0.1, 0.15) is 0 Å². The Labute approximate surface area is 116 Å². The summed E-state index contributed by atoms with van der Waals surface area (Å²) in [6, 6.07) is 0. The highest BCUT2D eigenvalue weighted by molar-refractivity contribution is 4.94. The fourth-order valence-electron chi connectivity index (χ4n) is 3.21. The van der Waals surface area contributed by atoms with Crippen LogP contribution in [0.5, 0.6) is 0 Å². The summed E-state index contributed by atoms with van der Waals surface area (Å²) in [5.41, 5.74) is 0.384. The van der Waals surface area contributed by atoms with Gasteiger partial charge in [0.2, 0.25) is 0 Å². The maximum atomic E-state index is 2.54. The SMILES string of the molecule is CC(C)(C)N(N(C(C)(C)C)C(C)(C)C)C(C)(C)C. The van der Waals surface area contributed by atoms with E-state index < -0.39 is 0 Å². The first-order valence-electron chi connectivity index (χ1n) is 7.09. The minimum atomic E-state index is 0.0960. The molecule has 0 fully saturated rings. The molecule has 0 bridgehead atoms. The molecule has 0 N–H and O–H groups in total. The molecule has 0 rings (SSSR count). The molecule has 2 nitrogen and oxygen atoms in total. The first-order valence-corrected chi connectivity index (χ1v) is 7.09. The Morgan fingerprint density at radius 3 is 0.500 bits per heavy atom. The summed E-state index contributed by atoms with van der Waals surface area (Å²) in [5.74, 6) is 0. The Kier molecular flexibility index (Phi) is 4.77. The van der Waals surface area contributed by atoms with E-state index in [1.54, 1.807) is 0 Å². The average Bonchev–Trinajstić information content (AvgIpc) is 1.89. The van der Waals surface area contributed by atoms with Crippen LogP contribution in [-0.2, 0) is 0 Å². The molecule has 0 aliphatic rings. The van der Waals surface area contributed by atoms with Gasteiger partial charge in [-0.2, -0.15) is 0 Å². The van der Waals surface area contributed by atoms with Crippen molar-refractivity contribution in [1.82, 2.24) is 10.0 Å². The maximum absolute atomic E-state index is 2.54. The number of rotatable bonds is 1. The molecule has 0 amide bonds. The van der Waals surface area contributed by atoms with Gasteiger partial charge in [-0.1, -0.05) is 0 Å². The van der Waals surface area contributed by atoms with Gasteiger partial charge in [-0.25, -0.2) is 10.0 Å². The van der Waals surface area contributed by atoms with Crippen LogP contribution in [0, 0.1) is 0 Å². The number of hydrazine groups is 1. The van der Waals surface area contributed by atoms with Gasteiger partial charge < -0.3 is 0 Å². The highest BCUT2D eigenvalue weighted by atomic mass is 15.7. The molecule has 0 aromatic rings. The van der Waals surface area contributed by atoms with E-state index in [9.17, 15) is 0 Å². The van der Waals surface area contributed by atoms with Gasteiger partial charge in [-0.3, -0.25) is 0 Å². The minimum absolute atomic E-state index is 0.0960. The predicted molar refractivity (Wildman–Crippen MR) is 82.7 cm³/mol. The van der Waals surface area contributed by atoms with Gasteiger partial charge in [0.15, 0.2) is 0 Å². The Morgan fingerprint density at radius 1 is 0.333 bits per heavy atom. The van der Waals surface area contributed by atoms with Crippen molar-refractivity contribution in [2.24, 2.45) is 0 Å². The monoisotopic (exact) mass is 256 g/mol. The van der Waals surface area contributed by atoms with E-state index in [1.165, 1.54) is 0 Å². The summed E-state index contributed by atoms with van der Waals surface area (Å²) in [6.45, 7) is 27.5. The van der Waals surface area contributed by atoms with Crippen molar-refractivity contribution >= 4 is 0 Å². The van der Waals surface area contributed by atoms with Crippen LogP contribution in [0.4, 0.5) is 0 Å². The molecule has 0 heterocycles. The summed E-state index contributed by atoms with van der Waals surface area (Å²) >= 11 is 0. The van der Waals surface area contributed by atoms with Gasteiger partial charge in [0.25, 0.3) is 0 Å². The summed E-state index contributed by atoms with van der Waals surface area (Å²) in [6.07, 6.45) is 0. The van der Waals surface area contributed by atoms with Gasteiger partial charge in [0.05, 0.1) is 0 Å². The van der Waals surface area contributed by atoms with Crippen molar-refractivity contribution < 1.29 is 0 Å². The zero-order valence-electron chi connectivity index (χ0n) is 14.9.